The number of ether oxygens (including phenoxy) is 5. The molecule has 1 amide bonds. The maximum absolute atomic E-state index is 13.9. The second-order valence-corrected chi connectivity index (χ2v) is 16.7. The van der Waals surface area contributed by atoms with Gasteiger partial charge in [-0.1, -0.05) is 45.6 Å². The van der Waals surface area contributed by atoms with Crippen molar-refractivity contribution in [2.24, 2.45) is 0 Å². The van der Waals surface area contributed by atoms with Crippen molar-refractivity contribution < 1.29 is 42.8 Å². The molecule has 0 spiro atoms. The molecule has 14 nitrogen and oxygen atoms in total. The first kappa shape index (κ1) is 36.1. The van der Waals surface area contributed by atoms with E-state index in [-0.39, 0.29) is 13.2 Å². The van der Waals surface area contributed by atoms with Gasteiger partial charge in [-0.15, -0.1) is 0 Å². The summed E-state index contributed by atoms with van der Waals surface area (Å²) in [5.41, 5.74) is -0.487. The molecular weight excluding hydrogens is 630 g/mol. The standard InChI is InChI=1S/C32H45N3O11Si/c1-8-18-42-30(39)33-23(29(37)38)24(46-47(9-2,10-3)11-4)25-26-27(45-32(5,6)44-26)28(43-25)34-17-16-22(36)35(31(34)40)19-20-12-14-21(41-7)15-13-20/h8,12-17,23-28H,1,9-11,18-19H2,2-7H3,(H,33,39)(H,37,38)/t23-,24-,25+,26-,27?,28+/m0/s1. The number of methoxy groups -OCH3 is 1. The summed E-state index contributed by atoms with van der Waals surface area (Å²) < 4.78 is 38.4. The first-order valence-electron chi connectivity index (χ1n) is 15.7. The molecule has 15 heteroatoms. The van der Waals surface area contributed by atoms with Gasteiger partial charge in [0.15, 0.2) is 26.4 Å². The number of rotatable bonds is 15. The molecule has 258 valence electrons. The fourth-order valence-corrected chi connectivity index (χ4v) is 8.93. The Morgan fingerprint density at radius 3 is 2.30 bits per heavy atom. The third-order valence-corrected chi connectivity index (χ3v) is 13.4. The van der Waals surface area contributed by atoms with Crippen molar-refractivity contribution in [3.63, 3.8) is 0 Å². The van der Waals surface area contributed by atoms with Gasteiger partial charge >= 0.3 is 17.8 Å². The van der Waals surface area contributed by atoms with E-state index in [9.17, 15) is 24.3 Å². The second-order valence-electron chi connectivity index (χ2n) is 12.0. The largest absolute Gasteiger partial charge is 0.497 e. The number of nitrogens with one attached hydrogen (secondary N) is 1. The number of aromatic nitrogens is 2. The molecule has 2 fully saturated rings. The first-order chi connectivity index (χ1) is 22.3. The highest BCUT2D eigenvalue weighted by Gasteiger charge is 2.60. The molecule has 2 aliphatic heterocycles. The lowest BCUT2D eigenvalue weighted by Crippen LogP contribution is -2.60. The van der Waals surface area contributed by atoms with Crippen LogP contribution in [0.2, 0.25) is 18.1 Å². The number of carboxylic acid groups (broad SMARTS) is 1. The Kier molecular flexibility index (Phi) is 11.5. The molecule has 1 unspecified atom stereocenters. The highest BCUT2D eigenvalue weighted by atomic mass is 28.4. The van der Waals surface area contributed by atoms with E-state index in [2.05, 4.69) is 11.9 Å². The minimum Gasteiger partial charge on any atom is -0.497 e. The predicted molar refractivity (Wildman–Crippen MR) is 173 cm³/mol. The molecule has 0 bridgehead atoms. The van der Waals surface area contributed by atoms with Gasteiger partial charge in [-0.05, 0) is 49.7 Å². The fraction of sp³-hybridized carbons (Fsp3) is 0.562. The van der Waals surface area contributed by atoms with Gasteiger partial charge in [0.2, 0.25) is 0 Å². The predicted octanol–water partition coefficient (Wildman–Crippen LogP) is 3.24. The van der Waals surface area contributed by atoms with Crippen molar-refractivity contribution in [3.05, 3.63) is 75.6 Å². The zero-order chi connectivity index (χ0) is 34.5. The molecular formula is C32H45N3O11Si. The quantitative estimate of drug-likeness (QED) is 0.210. The zero-order valence-corrected chi connectivity index (χ0v) is 28.7. The highest BCUT2D eigenvalue weighted by molar-refractivity contribution is 6.73. The summed E-state index contributed by atoms with van der Waals surface area (Å²) in [6.45, 7) is 12.7. The summed E-state index contributed by atoms with van der Waals surface area (Å²) in [5, 5.41) is 12.9. The smallest absolute Gasteiger partial charge is 0.408 e. The number of amides is 1. The van der Waals surface area contributed by atoms with Gasteiger partial charge < -0.3 is 38.5 Å². The van der Waals surface area contributed by atoms with E-state index in [0.29, 0.717) is 29.4 Å². The van der Waals surface area contributed by atoms with E-state index in [4.69, 9.17) is 28.1 Å². The third kappa shape index (κ3) is 7.87. The summed E-state index contributed by atoms with van der Waals surface area (Å²) in [6.07, 6.45) is -3.58. The van der Waals surface area contributed by atoms with Crippen LogP contribution >= 0.6 is 0 Å². The Hall–Kier alpha value is -3.76. The third-order valence-electron chi connectivity index (χ3n) is 8.78. The summed E-state index contributed by atoms with van der Waals surface area (Å²) in [4.78, 5) is 52.3. The van der Waals surface area contributed by atoms with E-state index < -0.39 is 74.1 Å². The Morgan fingerprint density at radius 2 is 1.72 bits per heavy atom. The van der Waals surface area contributed by atoms with Crippen molar-refractivity contribution in [1.82, 2.24) is 14.5 Å². The van der Waals surface area contributed by atoms with Crippen LogP contribution in [0.3, 0.4) is 0 Å². The van der Waals surface area contributed by atoms with Gasteiger partial charge in [0.25, 0.3) is 5.56 Å². The van der Waals surface area contributed by atoms with E-state index in [1.807, 2.05) is 20.8 Å². The fourth-order valence-electron chi connectivity index (χ4n) is 6.08. The number of aliphatic carboxylic acids is 1. The Morgan fingerprint density at radius 1 is 1.09 bits per heavy atom. The number of carbonyl (C=O) groups excluding carboxylic acids is 1. The number of carbonyl (C=O) groups is 2. The summed E-state index contributed by atoms with van der Waals surface area (Å²) in [5.74, 6) is -1.88. The molecule has 4 rings (SSSR count). The van der Waals surface area contributed by atoms with Gasteiger partial charge in [-0.2, -0.15) is 0 Å². The van der Waals surface area contributed by atoms with Gasteiger partial charge in [-0.25, -0.2) is 14.4 Å². The maximum Gasteiger partial charge on any atom is 0.408 e. The molecule has 2 saturated heterocycles. The number of benzene rings is 1. The molecule has 6 atom stereocenters. The Labute approximate surface area is 274 Å². The summed E-state index contributed by atoms with van der Waals surface area (Å²) >= 11 is 0. The van der Waals surface area contributed by atoms with Crippen LogP contribution in [-0.4, -0.2) is 84.6 Å². The Balaban J connectivity index is 1.78. The molecule has 1 aromatic carbocycles. The van der Waals surface area contributed by atoms with Crippen LogP contribution in [0.5, 0.6) is 5.75 Å². The minimum absolute atomic E-state index is 0.0171. The lowest BCUT2D eigenvalue weighted by molar-refractivity contribution is -0.209. The Bertz CT molecular complexity index is 1530. The van der Waals surface area contributed by atoms with E-state index in [1.165, 1.54) is 22.9 Å². The molecule has 2 N–H and O–H groups in total. The second kappa shape index (κ2) is 15.0. The number of hydrogen-bond donors (Lipinski definition) is 2. The lowest BCUT2D eigenvalue weighted by atomic mass is 9.99. The minimum atomic E-state index is -2.56. The summed E-state index contributed by atoms with van der Waals surface area (Å²) in [6, 6.07) is 8.63. The van der Waals surface area contributed by atoms with Crippen LogP contribution in [0, 0.1) is 0 Å². The van der Waals surface area contributed by atoms with Gasteiger partial charge in [0.05, 0.1) is 13.7 Å². The normalized spacial score (nSPS) is 23.0. The molecule has 3 heterocycles. The van der Waals surface area contributed by atoms with E-state index in [1.54, 1.807) is 45.2 Å². The van der Waals surface area contributed by atoms with Crippen molar-refractivity contribution >= 4 is 20.4 Å². The number of hydrogen-bond acceptors (Lipinski definition) is 10. The molecule has 0 aliphatic carbocycles. The van der Waals surface area contributed by atoms with Crippen LogP contribution < -0.4 is 21.3 Å². The van der Waals surface area contributed by atoms with Crippen LogP contribution in [0.4, 0.5) is 4.79 Å². The van der Waals surface area contributed by atoms with Crippen molar-refractivity contribution in [2.75, 3.05) is 13.7 Å². The number of alkyl carbamates (subject to hydrolysis) is 1. The van der Waals surface area contributed by atoms with Crippen LogP contribution in [-0.2, 0) is 34.7 Å². The monoisotopic (exact) mass is 675 g/mol. The van der Waals surface area contributed by atoms with Crippen LogP contribution in [0.25, 0.3) is 0 Å². The number of nitrogens with zero attached hydrogens (tertiary/aromatic N) is 2. The van der Waals surface area contributed by atoms with Crippen LogP contribution in [0.1, 0.15) is 46.4 Å². The summed E-state index contributed by atoms with van der Waals surface area (Å²) in [7, 11) is -1.02. The lowest BCUT2D eigenvalue weighted by Gasteiger charge is -2.39. The molecule has 1 aromatic heterocycles. The number of carboxylic acids is 1. The first-order valence-corrected chi connectivity index (χ1v) is 18.3. The molecule has 0 saturated carbocycles. The van der Waals surface area contributed by atoms with Crippen molar-refractivity contribution in [1.29, 1.82) is 0 Å². The van der Waals surface area contributed by atoms with Crippen molar-refractivity contribution in [2.45, 2.75) is 102 Å². The van der Waals surface area contributed by atoms with Gasteiger partial charge in [0, 0.05) is 12.3 Å². The van der Waals surface area contributed by atoms with E-state index >= 15 is 0 Å². The molecule has 2 aliphatic rings. The molecule has 2 aromatic rings. The zero-order valence-electron chi connectivity index (χ0n) is 27.7. The van der Waals surface area contributed by atoms with Gasteiger partial charge in [0.1, 0.15) is 36.8 Å². The maximum atomic E-state index is 13.9. The van der Waals surface area contributed by atoms with Gasteiger partial charge in [-0.3, -0.25) is 13.9 Å². The molecule has 47 heavy (non-hydrogen) atoms. The SMILES string of the molecule is C=CCOC(=O)N[C@H](C(=O)O)[C@H](O[Si](CC)(CC)CC)[C@H]1O[C@@H](n2ccc(=O)n(Cc3ccc(OC)cc3)c2=O)C2OC(C)(C)O[C@H]21. The molecule has 0 radical (unpaired) electrons. The average Bonchev–Trinajstić information content (AvgIpc) is 3.55. The number of fused-ring (bicyclic) bond motifs is 1. The van der Waals surface area contributed by atoms with E-state index in [0.717, 1.165) is 4.57 Å². The topological polar surface area (TPSA) is 166 Å². The van der Waals surface area contributed by atoms with Crippen molar-refractivity contribution in [3.8, 4) is 5.75 Å². The average molecular weight is 676 g/mol. The highest BCUT2D eigenvalue weighted by Crippen LogP contribution is 2.45. The van der Waals surface area contributed by atoms with Crippen LogP contribution in [0.15, 0.2) is 58.8 Å².